The second kappa shape index (κ2) is 7.08. The van der Waals surface area contributed by atoms with Gasteiger partial charge in [0.25, 0.3) is 0 Å². The molecule has 1 aromatic carbocycles. The number of aromatic nitrogens is 2. The van der Waals surface area contributed by atoms with Gasteiger partial charge in [0, 0.05) is 18.4 Å². The smallest absolute Gasteiger partial charge is 0.171 e. The second-order valence-electron chi connectivity index (χ2n) is 4.67. The maximum absolute atomic E-state index is 5.40. The molecule has 0 bridgehead atoms. The Morgan fingerprint density at radius 1 is 1.33 bits per heavy atom. The van der Waals surface area contributed by atoms with E-state index in [2.05, 4.69) is 15.7 Å². The number of rotatable bonds is 5. The molecule has 0 aliphatic carbocycles. The molecular weight excluding hydrogens is 284 g/mol. The van der Waals surface area contributed by atoms with Crippen LogP contribution in [-0.2, 0) is 13.6 Å². The Morgan fingerprint density at radius 3 is 2.62 bits per heavy atom. The van der Waals surface area contributed by atoms with Gasteiger partial charge in [-0.05, 0) is 56.4 Å². The number of nitrogens with zero attached hydrogens (tertiary/aromatic N) is 2. The van der Waals surface area contributed by atoms with Gasteiger partial charge < -0.3 is 15.4 Å². The van der Waals surface area contributed by atoms with Crippen LogP contribution in [0.15, 0.2) is 30.3 Å². The fourth-order valence-corrected chi connectivity index (χ4v) is 2.06. The molecule has 0 unspecified atom stereocenters. The summed E-state index contributed by atoms with van der Waals surface area (Å²) in [6.07, 6.45) is 0. The van der Waals surface area contributed by atoms with E-state index in [1.807, 2.05) is 55.9 Å². The van der Waals surface area contributed by atoms with Crippen molar-refractivity contribution in [3.05, 3.63) is 41.7 Å². The Kier molecular flexibility index (Phi) is 5.16. The van der Waals surface area contributed by atoms with Crippen molar-refractivity contribution >= 4 is 23.0 Å². The first-order valence-electron chi connectivity index (χ1n) is 6.85. The zero-order valence-electron chi connectivity index (χ0n) is 12.5. The molecule has 0 saturated heterocycles. The van der Waals surface area contributed by atoms with Crippen molar-refractivity contribution in [2.75, 3.05) is 11.9 Å². The molecule has 1 heterocycles. The van der Waals surface area contributed by atoms with E-state index in [1.54, 1.807) is 0 Å². The van der Waals surface area contributed by atoms with Gasteiger partial charge in [-0.2, -0.15) is 5.10 Å². The molecule has 2 N–H and O–H groups in total. The van der Waals surface area contributed by atoms with Gasteiger partial charge >= 0.3 is 0 Å². The van der Waals surface area contributed by atoms with Crippen molar-refractivity contribution in [2.24, 2.45) is 7.05 Å². The van der Waals surface area contributed by atoms with E-state index in [0.29, 0.717) is 18.3 Å². The van der Waals surface area contributed by atoms with Gasteiger partial charge in [0.05, 0.1) is 18.8 Å². The van der Waals surface area contributed by atoms with Crippen LogP contribution >= 0.6 is 12.2 Å². The Hall–Kier alpha value is -2.08. The van der Waals surface area contributed by atoms with E-state index in [9.17, 15) is 0 Å². The van der Waals surface area contributed by atoms with Crippen molar-refractivity contribution in [3.8, 4) is 5.75 Å². The fourth-order valence-electron chi connectivity index (χ4n) is 1.87. The third-order valence-electron chi connectivity index (χ3n) is 3.02. The molecule has 21 heavy (non-hydrogen) atoms. The van der Waals surface area contributed by atoms with Crippen LogP contribution in [0.4, 0.5) is 5.69 Å². The third-order valence-corrected chi connectivity index (χ3v) is 3.26. The topological polar surface area (TPSA) is 51.1 Å². The maximum Gasteiger partial charge on any atom is 0.171 e. The molecule has 0 saturated carbocycles. The average molecular weight is 304 g/mol. The van der Waals surface area contributed by atoms with Crippen LogP contribution in [0, 0.1) is 6.92 Å². The van der Waals surface area contributed by atoms with Crippen molar-refractivity contribution in [2.45, 2.75) is 20.4 Å². The fraction of sp³-hybridized carbons (Fsp3) is 0.333. The van der Waals surface area contributed by atoms with Crippen LogP contribution in [-0.4, -0.2) is 21.5 Å². The van der Waals surface area contributed by atoms with Crippen molar-refractivity contribution in [1.82, 2.24) is 15.1 Å². The number of ether oxygens (including phenoxy) is 1. The molecule has 2 aromatic rings. The first-order valence-corrected chi connectivity index (χ1v) is 7.26. The highest BCUT2D eigenvalue weighted by Gasteiger charge is 2.03. The van der Waals surface area contributed by atoms with Gasteiger partial charge in [0.15, 0.2) is 5.11 Å². The summed E-state index contributed by atoms with van der Waals surface area (Å²) in [5, 5.41) is 11.2. The summed E-state index contributed by atoms with van der Waals surface area (Å²) in [7, 11) is 1.93. The molecular formula is C15H20N4OS. The monoisotopic (exact) mass is 304 g/mol. The lowest BCUT2D eigenvalue weighted by Gasteiger charge is -2.10. The van der Waals surface area contributed by atoms with Gasteiger partial charge in [-0.15, -0.1) is 0 Å². The van der Waals surface area contributed by atoms with Crippen LogP contribution in [0.3, 0.4) is 0 Å². The van der Waals surface area contributed by atoms with E-state index in [0.717, 1.165) is 22.8 Å². The van der Waals surface area contributed by atoms with Gasteiger partial charge in [-0.3, -0.25) is 4.68 Å². The van der Waals surface area contributed by atoms with Gasteiger partial charge in [-0.25, -0.2) is 0 Å². The van der Waals surface area contributed by atoms with E-state index in [-0.39, 0.29) is 0 Å². The quantitative estimate of drug-likeness (QED) is 0.832. The lowest BCUT2D eigenvalue weighted by atomic mass is 10.3. The number of hydrogen-bond donors (Lipinski definition) is 2. The van der Waals surface area contributed by atoms with Crippen LogP contribution in [0.25, 0.3) is 0 Å². The molecule has 0 radical (unpaired) electrons. The Bertz CT molecular complexity index is 587. The van der Waals surface area contributed by atoms with E-state index < -0.39 is 0 Å². The molecule has 0 amide bonds. The minimum Gasteiger partial charge on any atom is -0.494 e. The molecule has 6 heteroatoms. The number of thiocarbonyl (C=S) groups is 1. The minimum atomic E-state index is 0.572. The van der Waals surface area contributed by atoms with Gasteiger partial charge in [-0.1, -0.05) is 0 Å². The molecule has 2 rings (SSSR count). The first kappa shape index (κ1) is 15.3. The second-order valence-corrected chi connectivity index (χ2v) is 5.07. The highest BCUT2D eigenvalue weighted by Crippen LogP contribution is 2.15. The summed E-state index contributed by atoms with van der Waals surface area (Å²) in [4.78, 5) is 0. The molecule has 0 aliphatic heterocycles. The summed E-state index contributed by atoms with van der Waals surface area (Å²) in [6.45, 7) is 5.25. The largest absolute Gasteiger partial charge is 0.494 e. The molecule has 112 valence electrons. The van der Waals surface area contributed by atoms with E-state index >= 15 is 0 Å². The van der Waals surface area contributed by atoms with Gasteiger partial charge in [0.1, 0.15) is 5.75 Å². The van der Waals surface area contributed by atoms with Crippen LogP contribution in [0.5, 0.6) is 5.75 Å². The summed E-state index contributed by atoms with van der Waals surface area (Å²) in [5.41, 5.74) is 3.01. The lowest BCUT2D eigenvalue weighted by molar-refractivity contribution is 0.340. The highest BCUT2D eigenvalue weighted by atomic mass is 32.1. The van der Waals surface area contributed by atoms with Crippen molar-refractivity contribution in [1.29, 1.82) is 0 Å². The average Bonchev–Trinajstić information content (AvgIpc) is 2.78. The number of anilines is 1. The van der Waals surface area contributed by atoms with Crippen LogP contribution < -0.4 is 15.4 Å². The SMILES string of the molecule is CCOc1ccc(NC(=S)NCc2cc(C)n(C)n2)cc1. The third kappa shape index (κ3) is 4.46. The predicted octanol–water partition coefficient (Wildman–Crippen LogP) is 2.61. The summed E-state index contributed by atoms with van der Waals surface area (Å²) >= 11 is 5.27. The minimum absolute atomic E-state index is 0.572. The highest BCUT2D eigenvalue weighted by molar-refractivity contribution is 7.80. The van der Waals surface area contributed by atoms with Crippen LogP contribution in [0.2, 0.25) is 0 Å². The zero-order valence-corrected chi connectivity index (χ0v) is 13.3. The predicted molar refractivity (Wildman–Crippen MR) is 88.6 cm³/mol. The van der Waals surface area contributed by atoms with E-state index in [1.165, 1.54) is 0 Å². The number of benzene rings is 1. The standard InChI is InChI=1S/C15H20N4OS/c1-4-20-14-7-5-12(6-8-14)17-15(21)16-10-13-9-11(2)19(3)18-13/h5-9H,4,10H2,1-3H3,(H2,16,17,21). The Labute approximate surface area is 130 Å². The van der Waals surface area contributed by atoms with Gasteiger partial charge in [0.2, 0.25) is 0 Å². The summed E-state index contributed by atoms with van der Waals surface area (Å²) in [5.74, 6) is 0.853. The lowest BCUT2D eigenvalue weighted by Crippen LogP contribution is -2.28. The van der Waals surface area contributed by atoms with Crippen molar-refractivity contribution < 1.29 is 4.74 Å². The Balaban J connectivity index is 1.83. The molecule has 1 aromatic heterocycles. The van der Waals surface area contributed by atoms with Crippen molar-refractivity contribution in [3.63, 3.8) is 0 Å². The van der Waals surface area contributed by atoms with Crippen LogP contribution in [0.1, 0.15) is 18.3 Å². The molecule has 0 spiro atoms. The first-order chi connectivity index (χ1) is 10.1. The maximum atomic E-state index is 5.40. The number of aryl methyl sites for hydroxylation is 2. The number of nitrogens with one attached hydrogen (secondary N) is 2. The molecule has 5 nitrogen and oxygen atoms in total. The molecule has 0 fully saturated rings. The summed E-state index contributed by atoms with van der Waals surface area (Å²) < 4.78 is 7.25. The summed E-state index contributed by atoms with van der Waals surface area (Å²) in [6, 6.07) is 9.73. The zero-order chi connectivity index (χ0) is 15.2. The number of hydrogen-bond acceptors (Lipinski definition) is 3. The molecule has 0 atom stereocenters. The molecule has 0 aliphatic rings. The normalized spacial score (nSPS) is 10.2. The Morgan fingerprint density at radius 2 is 2.05 bits per heavy atom. The van der Waals surface area contributed by atoms with E-state index in [4.69, 9.17) is 17.0 Å².